The molecule has 36 heavy (non-hydrogen) atoms. The van der Waals surface area contributed by atoms with Gasteiger partial charge in [-0.2, -0.15) is 15.0 Å². The van der Waals surface area contributed by atoms with Gasteiger partial charge in [0.15, 0.2) is 0 Å². The molecule has 2 atom stereocenters. The third-order valence-electron chi connectivity index (χ3n) is 6.30. The predicted molar refractivity (Wildman–Crippen MR) is 144 cm³/mol. The third kappa shape index (κ3) is 7.34. The Morgan fingerprint density at radius 2 is 1.86 bits per heavy atom. The van der Waals surface area contributed by atoms with Gasteiger partial charge in [0.1, 0.15) is 0 Å². The van der Waals surface area contributed by atoms with Crippen molar-refractivity contribution in [3.63, 3.8) is 0 Å². The SMILES string of the molecule is CC=c1cccnc1=CC(OCC(CCCC)CN(C)C(=O)c1ccccc1-n1nccn1)C(C)C. The fourth-order valence-electron chi connectivity index (χ4n) is 4.21. The summed E-state index contributed by atoms with van der Waals surface area (Å²) in [4.78, 5) is 21.3. The summed E-state index contributed by atoms with van der Waals surface area (Å²) < 4.78 is 6.46. The van der Waals surface area contributed by atoms with Crippen molar-refractivity contribution in [1.82, 2.24) is 24.9 Å². The summed E-state index contributed by atoms with van der Waals surface area (Å²) in [6.45, 7) is 9.73. The number of carbonyl (C=O) groups excluding carboxylic acids is 1. The maximum Gasteiger partial charge on any atom is 0.255 e. The molecule has 2 aromatic heterocycles. The summed E-state index contributed by atoms with van der Waals surface area (Å²) in [5, 5.41) is 10.5. The van der Waals surface area contributed by atoms with Gasteiger partial charge < -0.3 is 9.64 Å². The lowest BCUT2D eigenvalue weighted by Crippen LogP contribution is -2.36. The molecule has 0 fully saturated rings. The Bertz CT molecular complexity index is 1210. The van der Waals surface area contributed by atoms with Gasteiger partial charge in [-0.1, -0.05) is 57.9 Å². The smallest absolute Gasteiger partial charge is 0.255 e. The van der Waals surface area contributed by atoms with Gasteiger partial charge in [0.05, 0.1) is 41.7 Å². The maximum absolute atomic E-state index is 13.4. The Balaban J connectivity index is 1.74. The summed E-state index contributed by atoms with van der Waals surface area (Å²) in [6, 6.07) is 11.5. The molecule has 2 heterocycles. The van der Waals surface area contributed by atoms with Gasteiger partial charge in [0.2, 0.25) is 0 Å². The first-order valence-electron chi connectivity index (χ1n) is 12.9. The molecule has 2 unspecified atom stereocenters. The van der Waals surface area contributed by atoms with Crippen LogP contribution in [-0.4, -0.2) is 57.1 Å². The molecule has 0 saturated heterocycles. The molecule has 192 valence electrons. The molecular weight excluding hydrogens is 450 g/mol. The minimum Gasteiger partial charge on any atom is -0.373 e. The topological polar surface area (TPSA) is 73.1 Å². The fraction of sp³-hybridized carbons (Fsp3) is 0.448. The van der Waals surface area contributed by atoms with Gasteiger partial charge in [-0.15, -0.1) is 0 Å². The van der Waals surface area contributed by atoms with Crippen molar-refractivity contribution < 1.29 is 9.53 Å². The lowest BCUT2D eigenvalue weighted by Gasteiger charge is -2.27. The summed E-state index contributed by atoms with van der Waals surface area (Å²) in [5.41, 5.74) is 1.26. The number of nitrogens with zero attached hydrogens (tertiary/aromatic N) is 5. The van der Waals surface area contributed by atoms with Crippen LogP contribution in [0.15, 0.2) is 55.0 Å². The molecule has 3 aromatic rings. The van der Waals surface area contributed by atoms with Crippen molar-refractivity contribution in [2.24, 2.45) is 11.8 Å². The first kappa shape index (κ1) is 27.3. The zero-order chi connectivity index (χ0) is 25.9. The Morgan fingerprint density at radius 3 is 2.56 bits per heavy atom. The van der Waals surface area contributed by atoms with Crippen LogP contribution in [0.2, 0.25) is 0 Å². The number of unbranched alkanes of at least 4 members (excludes halogenated alkanes) is 1. The molecule has 7 nitrogen and oxygen atoms in total. The minimum atomic E-state index is -0.0599. The van der Waals surface area contributed by atoms with Crippen molar-refractivity contribution in [1.29, 1.82) is 0 Å². The number of ether oxygens (including phenoxy) is 1. The number of benzene rings is 1. The van der Waals surface area contributed by atoms with Crippen LogP contribution >= 0.6 is 0 Å². The van der Waals surface area contributed by atoms with Crippen molar-refractivity contribution >= 4 is 18.1 Å². The summed E-state index contributed by atoms with van der Waals surface area (Å²) in [6.07, 6.45) is 12.4. The highest BCUT2D eigenvalue weighted by atomic mass is 16.5. The van der Waals surface area contributed by atoms with Crippen LogP contribution in [0.3, 0.4) is 0 Å². The van der Waals surface area contributed by atoms with Crippen molar-refractivity contribution in [3.8, 4) is 5.69 Å². The number of hydrogen-bond donors (Lipinski definition) is 0. The maximum atomic E-state index is 13.4. The quantitative estimate of drug-likeness (QED) is 0.386. The van der Waals surface area contributed by atoms with E-state index in [4.69, 9.17) is 4.74 Å². The van der Waals surface area contributed by atoms with Gasteiger partial charge >= 0.3 is 0 Å². The number of para-hydroxylation sites is 1. The molecular formula is C29H39N5O2. The monoisotopic (exact) mass is 489 g/mol. The van der Waals surface area contributed by atoms with Gasteiger partial charge in [-0.05, 0) is 54.7 Å². The Hall–Kier alpha value is -3.32. The highest BCUT2D eigenvalue weighted by Crippen LogP contribution is 2.19. The fourth-order valence-corrected chi connectivity index (χ4v) is 4.21. The van der Waals surface area contributed by atoms with Gasteiger partial charge in [-0.3, -0.25) is 9.78 Å². The van der Waals surface area contributed by atoms with Crippen molar-refractivity contribution in [2.45, 2.75) is 53.1 Å². The zero-order valence-electron chi connectivity index (χ0n) is 22.2. The van der Waals surface area contributed by atoms with Gasteiger partial charge in [0, 0.05) is 19.8 Å². The molecule has 1 amide bonds. The first-order valence-corrected chi connectivity index (χ1v) is 12.9. The van der Waals surface area contributed by atoms with E-state index in [1.54, 1.807) is 17.3 Å². The molecule has 0 aliphatic rings. The molecule has 0 radical (unpaired) electrons. The Kier molecular flexibility index (Phi) is 10.4. The van der Waals surface area contributed by atoms with Crippen LogP contribution in [0.1, 0.15) is 57.3 Å². The second kappa shape index (κ2) is 13.7. The van der Waals surface area contributed by atoms with E-state index >= 15 is 0 Å². The third-order valence-corrected chi connectivity index (χ3v) is 6.30. The van der Waals surface area contributed by atoms with E-state index in [9.17, 15) is 4.79 Å². The average Bonchev–Trinajstić information content (AvgIpc) is 3.43. The Labute approximate surface area is 214 Å². The summed E-state index contributed by atoms with van der Waals surface area (Å²) in [5.74, 6) is 0.480. The first-order chi connectivity index (χ1) is 17.4. The molecule has 0 aliphatic carbocycles. The molecule has 0 spiro atoms. The van der Waals surface area contributed by atoms with E-state index in [0.29, 0.717) is 30.3 Å². The van der Waals surface area contributed by atoms with E-state index in [1.807, 2.05) is 50.5 Å². The number of aromatic nitrogens is 4. The van der Waals surface area contributed by atoms with Crippen LogP contribution < -0.4 is 10.6 Å². The average molecular weight is 490 g/mol. The number of hydrogen-bond acceptors (Lipinski definition) is 5. The molecule has 0 bridgehead atoms. The van der Waals surface area contributed by atoms with E-state index in [-0.39, 0.29) is 17.9 Å². The zero-order valence-corrected chi connectivity index (χ0v) is 22.2. The van der Waals surface area contributed by atoms with Gasteiger partial charge in [0.25, 0.3) is 5.91 Å². The van der Waals surface area contributed by atoms with Crippen molar-refractivity contribution in [3.05, 3.63) is 71.1 Å². The minimum absolute atomic E-state index is 0.0482. The highest BCUT2D eigenvalue weighted by molar-refractivity contribution is 5.97. The number of pyridine rings is 1. The molecule has 3 rings (SSSR count). The molecule has 0 N–H and O–H groups in total. The number of rotatable bonds is 12. The normalized spacial score (nSPS) is 14.3. The molecule has 0 saturated carbocycles. The molecule has 7 heteroatoms. The summed E-state index contributed by atoms with van der Waals surface area (Å²) >= 11 is 0. The van der Waals surface area contributed by atoms with E-state index in [2.05, 4.69) is 54.2 Å². The second-order valence-corrected chi connectivity index (χ2v) is 9.50. The highest BCUT2D eigenvalue weighted by Gasteiger charge is 2.22. The van der Waals surface area contributed by atoms with Crippen LogP contribution in [0.25, 0.3) is 17.8 Å². The molecule has 0 aliphatic heterocycles. The van der Waals surface area contributed by atoms with Crippen molar-refractivity contribution in [2.75, 3.05) is 20.2 Å². The van der Waals surface area contributed by atoms with Crippen LogP contribution in [0, 0.1) is 11.8 Å². The second-order valence-electron chi connectivity index (χ2n) is 9.50. The number of amides is 1. The summed E-state index contributed by atoms with van der Waals surface area (Å²) in [7, 11) is 1.86. The number of carbonyl (C=O) groups is 1. The lowest BCUT2D eigenvalue weighted by atomic mass is 10.0. The van der Waals surface area contributed by atoms with Crippen LogP contribution in [-0.2, 0) is 4.74 Å². The van der Waals surface area contributed by atoms with Crippen LogP contribution in [0.5, 0.6) is 0 Å². The van der Waals surface area contributed by atoms with Gasteiger partial charge in [-0.25, -0.2) is 0 Å². The van der Waals surface area contributed by atoms with E-state index in [1.165, 1.54) is 4.80 Å². The van der Waals surface area contributed by atoms with E-state index in [0.717, 1.165) is 29.8 Å². The molecule has 1 aromatic carbocycles. The predicted octanol–water partition coefficient (Wildman–Crippen LogP) is 3.86. The van der Waals surface area contributed by atoms with E-state index < -0.39 is 0 Å². The van der Waals surface area contributed by atoms with Crippen LogP contribution in [0.4, 0.5) is 0 Å². The standard InChI is InChI=1S/C29H39N5O2/c1-6-8-12-23(21-36-28(22(3)4)19-26-24(7-2)13-11-16-30-26)20-33(5)29(35)25-14-9-10-15-27(25)34-31-17-18-32-34/h7,9-11,13-19,22-23,28H,6,8,12,20-21H2,1-5H3. The lowest BCUT2D eigenvalue weighted by molar-refractivity contribution is 0.0291. The largest absolute Gasteiger partial charge is 0.373 e. The Morgan fingerprint density at radius 1 is 1.11 bits per heavy atom.